The minimum atomic E-state index is -0.0206. The number of benzene rings is 3. The van der Waals surface area contributed by atoms with E-state index in [0.717, 1.165) is 60.8 Å². The lowest BCUT2D eigenvalue weighted by Gasteiger charge is -2.17. The van der Waals surface area contributed by atoms with Crippen molar-refractivity contribution in [2.75, 3.05) is 25.3 Å². The summed E-state index contributed by atoms with van der Waals surface area (Å²) in [5.41, 5.74) is 5.20. The first-order chi connectivity index (χ1) is 18.1. The van der Waals surface area contributed by atoms with Gasteiger partial charge >= 0.3 is 0 Å². The molecule has 1 amide bonds. The highest BCUT2D eigenvalue weighted by Crippen LogP contribution is 2.39. The average molecular weight is 514 g/mol. The summed E-state index contributed by atoms with van der Waals surface area (Å²) in [6.07, 6.45) is 5.13. The van der Waals surface area contributed by atoms with Gasteiger partial charge in [-0.1, -0.05) is 19.1 Å². The maximum atomic E-state index is 13.2. The predicted octanol–water partition coefficient (Wildman–Crippen LogP) is 7.33. The molecule has 0 unspecified atom stereocenters. The first-order valence-electron chi connectivity index (χ1n) is 12.4. The van der Waals surface area contributed by atoms with Crippen LogP contribution < -0.4 is 14.8 Å². The normalized spacial score (nSPS) is 11.4. The SMILES string of the molecule is CCSc1ccccc1NC(=O)CCC(c1c[nH]c2ccc(OC)cc12)c1c[nH]c2ccc(OC)cc12. The molecule has 0 aliphatic rings. The highest BCUT2D eigenvalue weighted by atomic mass is 32.2. The van der Waals surface area contributed by atoms with E-state index in [1.54, 1.807) is 26.0 Å². The first kappa shape index (κ1) is 24.8. The minimum absolute atomic E-state index is 0.00370. The minimum Gasteiger partial charge on any atom is -0.497 e. The molecule has 0 fully saturated rings. The van der Waals surface area contributed by atoms with Gasteiger partial charge in [-0.05, 0) is 71.8 Å². The Kier molecular flexibility index (Phi) is 7.42. The smallest absolute Gasteiger partial charge is 0.224 e. The van der Waals surface area contributed by atoms with E-state index in [4.69, 9.17) is 9.47 Å². The third kappa shape index (κ3) is 5.18. The van der Waals surface area contributed by atoms with Gasteiger partial charge in [0.1, 0.15) is 11.5 Å². The standard InChI is InChI=1S/C30H31N3O3S/c1-4-37-29-8-6-5-7-28(29)33-30(34)14-11-21(24-17-31-26-12-9-19(35-2)15-22(24)26)25-18-32-27-13-10-20(36-3)16-23(25)27/h5-10,12-13,15-18,21,31-32H,4,11,14H2,1-3H3,(H,33,34). The van der Waals surface area contributed by atoms with Crippen LogP contribution in [-0.2, 0) is 4.79 Å². The Labute approximate surface area is 220 Å². The van der Waals surface area contributed by atoms with Crippen LogP contribution in [0.4, 0.5) is 5.69 Å². The van der Waals surface area contributed by atoms with Gasteiger partial charge in [-0.15, -0.1) is 11.8 Å². The molecular weight excluding hydrogens is 482 g/mol. The topological polar surface area (TPSA) is 79.1 Å². The lowest BCUT2D eigenvalue weighted by molar-refractivity contribution is -0.116. The molecule has 0 spiro atoms. The van der Waals surface area contributed by atoms with Crippen LogP contribution in [0, 0.1) is 0 Å². The van der Waals surface area contributed by atoms with Crippen molar-refractivity contribution in [3.05, 3.63) is 84.2 Å². The molecule has 2 heterocycles. The van der Waals surface area contributed by atoms with Crippen LogP contribution in [0.25, 0.3) is 21.8 Å². The molecule has 6 nitrogen and oxygen atoms in total. The van der Waals surface area contributed by atoms with E-state index in [1.165, 1.54) is 0 Å². The molecule has 0 saturated heterocycles. The molecule has 190 valence electrons. The maximum Gasteiger partial charge on any atom is 0.224 e. The van der Waals surface area contributed by atoms with Gasteiger partial charge in [-0.2, -0.15) is 0 Å². The van der Waals surface area contributed by atoms with Gasteiger partial charge in [-0.3, -0.25) is 4.79 Å². The van der Waals surface area contributed by atoms with Crippen LogP contribution in [0.2, 0.25) is 0 Å². The number of para-hydroxylation sites is 1. The average Bonchev–Trinajstić information content (AvgIpc) is 3.54. The van der Waals surface area contributed by atoms with Crippen LogP contribution in [0.3, 0.4) is 0 Å². The third-order valence-electron chi connectivity index (χ3n) is 6.71. The lowest BCUT2D eigenvalue weighted by atomic mass is 9.86. The van der Waals surface area contributed by atoms with Crippen LogP contribution in [0.1, 0.15) is 36.8 Å². The molecule has 0 atom stereocenters. The molecule has 3 aromatic carbocycles. The zero-order chi connectivity index (χ0) is 25.8. The summed E-state index contributed by atoms with van der Waals surface area (Å²) in [6.45, 7) is 2.11. The molecule has 37 heavy (non-hydrogen) atoms. The first-order valence-corrected chi connectivity index (χ1v) is 13.4. The van der Waals surface area contributed by atoms with Crippen molar-refractivity contribution in [1.82, 2.24) is 9.97 Å². The molecule has 0 radical (unpaired) electrons. The van der Waals surface area contributed by atoms with Gasteiger partial charge in [0, 0.05) is 51.4 Å². The van der Waals surface area contributed by atoms with Gasteiger partial charge in [0.2, 0.25) is 5.91 Å². The molecule has 0 aliphatic carbocycles. The Morgan fingerprint density at radius 1 is 0.892 bits per heavy atom. The number of fused-ring (bicyclic) bond motifs is 2. The number of nitrogens with one attached hydrogen (secondary N) is 3. The van der Waals surface area contributed by atoms with Crippen molar-refractivity contribution in [2.45, 2.75) is 30.6 Å². The van der Waals surface area contributed by atoms with E-state index in [-0.39, 0.29) is 11.8 Å². The summed E-state index contributed by atoms with van der Waals surface area (Å²) < 4.78 is 11.0. The summed E-state index contributed by atoms with van der Waals surface area (Å²) in [5, 5.41) is 5.32. The van der Waals surface area contributed by atoms with Crippen LogP contribution in [-0.4, -0.2) is 35.8 Å². The van der Waals surface area contributed by atoms with Crippen LogP contribution in [0.5, 0.6) is 11.5 Å². The zero-order valence-electron chi connectivity index (χ0n) is 21.3. The highest BCUT2D eigenvalue weighted by Gasteiger charge is 2.23. The Morgan fingerprint density at radius 2 is 1.49 bits per heavy atom. The number of methoxy groups -OCH3 is 2. The number of aromatic amines is 2. The Bertz CT molecular complexity index is 1460. The summed E-state index contributed by atoms with van der Waals surface area (Å²) in [4.78, 5) is 21.1. The Morgan fingerprint density at radius 3 is 2.05 bits per heavy atom. The largest absolute Gasteiger partial charge is 0.497 e. The molecule has 2 aromatic heterocycles. The molecule has 0 aliphatic heterocycles. The van der Waals surface area contributed by atoms with Gasteiger partial charge in [0.15, 0.2) is 0 Å². The lowest BCUT2D eigenvalue weighted by Crippen LogP contribution is -2.14. The second-order valence-electron chi connectivity index (χ2n) is 8.88. The predicted molar refractivity (Wildman–Crippen MR) is 152 cm³/mol. The third-order valence-corrected chi connectivity index (χ3v) is 7.67. The summed E-state index contributed by atoms with van der Waals surface area (Å²) in [5.74, 6) is 2.53. The summed E-state index contributed by atoms with van der Waals surface area (Å²) in [6, 6.07) is 20.0. The van der Waals surface area contributed by atoms with E-state index >= 15 is 0 Å². The van der Waals surface area contributed by atoms with Crippen molar-refractivity contribution in [2.24, 2.45) is 0 Å². The molecule has 7 heteroatoms. The summed E-state index contributed by atoms with van der Waals surface area (Å²) in [7, 11) is 3.35. The zero-order valence-corrected chi connectivity index (χ0v) is 22.1. The number of thioether (sulfide) groups is 1. The molecule has 5 aromatic rings. The number of amides is 1. The fourth-order valence-corrected chi connectivity index (χ4v) is 5.65. The Hall–Kier alpha value is -3.84. The van der Waals surface area contributed by atoms with Crippen molar-refractivity contribution >= 4 is 45.2 Å². The van der Waals surface area contributed by atoms with Gasteiger partial charge < -0.3 is 24.8 Å². The molecule has 0 saturated carbocycles. The fraction of sp³-hybridized carbons (Fsp3) is 0.233. The maximum absolute atomic E-state index is 13.2. The van der Waals surface area contributed by atoms with Crippen molar-refractivity contribution < 1.29 is 14.3 Å². The van der Waals surface area contributed by atoms with Crippen LogP contribution in [0.15, 0.2) is 78.0 Å². The number of rotatable bonds is 10. The van der Waals surface area contributed by atoms with Crippen molar-refractivity contribution in [3.8, 4) is 11.5 Å². The fourth-order valence-electron chi connectivity index (χ4n) is 4.89. The number of hydrogen-bond donors (Lipinski definition) is 3. The van der Waals surface area contributed by atoms with E-state index in [0.29, 0.717) is 12.8 Å². The number of aromatic nitrogens is 2. The summed E-state index contributed by atoms with van der Waals surface area (Å²) >= 11 is 1.73. The van der Waals surface area contributed by atoms with Gasteiger partial charge in [-0.25, -0.2) is 0 Å². The monoisotopic (exact) mass is 513 g/mol. The number of ether oxygens (including phenoxy) is 2. The number of H-pyrrole nitrogens is 2. The van der Waals surface area contributed by atoms with E-state index in [1.807, 2.05) is 48.5 Å². The molecule has 5 rings (SSSR count). The number of hydrogen-bond acceptors (Lipinski definition) is 4. The van der Waals surface area contributed by atoms with E-state index < -0.39 is 0 Å². The van der Waals surface area contributed by atoms with Crippen LogP contribution >= 0.6 is 11.8 Å². The molecule has 0 bridgehead atoms. The quantitative estimate of drug-likeness (QED) is 0.171. The number of carbonyl (C=O) groups excluding carboxylic acids is 1. The van der Waals surface area contributed by atoms with Crippen molar-refractivity contribution in [3.63, 3.8) is 0 Å². The number of carbonyl (C=O) groups is 1. The molecule has 3 N–H and O–H groups in total. The van der Waals surface area contributed by atoms with Crippen molar-refractivity contribution in [1.29, 1.82) is 0 Å². The molecular formula is C30H31N3O3S. The van der Waals surface area contributed by atoms with Gasteiger partial charge in [0.05, 0.1) is 19.9 Å². The second kappa shape index (κ2) is 11.0. The Balaban J connectivity index is 1.50. The van der Waals surface area contributed by atoms with E-state index in [9.17, 15) is 4.79 Å². The number of anilines is 1. The van der Waals surface area contributed by atoms with E-state index in [2.05, 4.69) is 46.7 Å². The second-order valence-corrected chi connectivity index (χ2v) is 10.2. The highest BCUT2D eigenvalue weighted by molar-refractivity contribution is 7.99. The van der Waals surface area contributed by atoms with Gasteiger partial charge in [0.25, 0.3) is 0 Å².